The van der Waals surface area contributed by atoms with Crippen LogP contribution in [0.3, 0.4) is 0 Å². The topological polar surface area (TPSA) is 63.4 Å². The molecule has 1 unspecified atom stereocenters. The summed E-state index contributed by atoms with van der Waals surface area (Å²) in [5.74, 6) is 0.191. The molecule has 0 radical (unpaired) electrons. The van der Waals surface area contributed by atoms with E-state index in [-0.39, 0.29) is 17.1 Å². The monoisotopic (exact) mass is 446 g/mol. The fraction of sp³-hybridized carbons (Fsp3) is 0.0870. The smallest absolute Gasteiger partial charge is 0.296 e. The average molecular weight is 447 g/mol. The van der Waals surface area contributed by atoms with Crippen LogP contribution in [0.25, 0.3) is 11.0 Å². The Labute approximate surface area is 174 Å². The summed E-state index contributed by atoms with van der Waals surface area (Å²) in [6.45, 7) is 1.86. The number of anilines is 1. The van der Waals surface area contributed by atoms with Crippen molar-refractivity contribution in [2.45, 2.75) is 13.0 Å². The number of carbonyl (C=O) groups excluding carboxylic acids is 1. The Morgan fingerprint density at radius 1 is 0.966 bits per heavy atom. The standard InChI is InChI=1S/C23H15BrN2O3/c1-13-5-4-8-18(25-13)26-20(14-9-11-15(24)12-10-14)19-21(27)16-6-2-3-7-17(16)29-22(19)23(26)28/h2-12,20H,1H3. The maximum absolute atomic E-state index is 13.4. The van der Waals surface area contributed by atoms with Crippen LogP contribution in [-0.4, -0.2) is 10.9 Å². The first-order valence-electron chi connectivity index (χ1n) is 9.13. The van der Waals surface area contributed by atoms with Crippen molar-refractivity contribution in [2.75, 3.05) is 4.90 Å². The molecule has 2 aromatic carbocycles. The molecular formula is C23H15BrN2O3. The Balaban J connectivity index is 1.82. The summed E-state index contributed by atoms with van der Waals surface area (Å²) < 4.78 is 6.84. The highest BCUT2D eigenvalue weighted by atomic mass is 79.9. The lowest BCUT2D eigenvalue weighted by Gasteiger charge is -2.24. The van der Waals surface area contributed by atoms with E-state index in [9.17, 15) is 9.59 Å². The van der Waals surface area contributed by atoms with Crippen molar-refractivity contribution in [2.24, 2.45) is 0 Å². The van der Waals surface area contributed by atoms with Crippen LogP contribution in [0, 0.1) is 6.92 Å². The van der Waals surface area contributed by atoms with Gasteiger partial charge in [-0.2, -0.15) is 0 Å². The van der Waals surface area contributed by atoms with Gasteiger partial charge in [0.2, 0.25) is 5.76 Å². The van der Waals surface area contributed by atoms with Gasteiger partial charge in [0.1, 0.15) is 11.4 Å². The third-order valence-corrected chi connectivity index (χ3v) is 5.61. The average Bonchev–Trinajstić information content (AvgIpc) is 3.02. The molecule has 5 rings (SSSR count). The summed E-state index contributed by atoms with van der Waals surface area (Å²) in [6.07, 6.45) is 0. The molecule has 0 fully saturated rings. The molecule has 5 nitrogen and oxygen atoms in total. The number of aryl methyl sites for hydroxylation is 1. The Kier molecular flexibility index (Phi) is 4.10. The molecule has 0 bridgehead atoms. The summed E-state index contributed by atoms with van der Waals surface area (Å²) in [5.41, 5.74) is 2.15. The number of pyridine rings is 1. The first-order chi connectivity index (χ1) is 14.0. The van der Waals surface area contributed by atoms with E-state index in [0.717, 1.165) is 15.7 Å². The Bertz CT molecular complexity index is 1330. The van der Waals surface area contributed by atoms with Crippen LogP contribution in [-0.2, 0) is 0 Å². The molecular weight excluding hydrogens is 432 g/mol. The largest absolute Gasteiger partial charge is 0.450 e. The number of hydrogen-bond acceptors (Lipinski definition) is 4. The van der Waals surface area contributed by atoms with Crippen molar-refractivity contribution in [3.05, 3.63) is 104 Å². The zero-order valence-electron chi connectivity index (χ0n) is 15.4. The number of carbonyl (C=O) groups is 1. The van der Waals surface area contributed by atoms with Gasteiger partial charge < -0.3 is 4.42 Å². The number of halogens is 1. The fourth-order valence-corrected chi connectivity index (χ4v) is 4.04. The van der Waals surface area contributed by atoms with Gasteiger partial charge in [-0.15, -0.1) is 0 Å². The van der Waals surface area contributed by atoms with Crippen LogP contribution in [0.1, 0.15) is 33.4 Å². The fourth-order valence-electron chi connectivity index (χ4n) is 3.78. The summed E-state index contributed by atoms with van der Waals surface area (Å²) in [5, 5.41) is 0.459. The van der Waals surface area contributed by atoms with E-state index < -0.39 is 6.04 Å². The molecule has 0 saturated heterocycles. The molecule has 1 amide bonds. The van der Waals surface area contributed by atoms with E-state index in [1.165, 1.54) is 0 Å². The minimum atomic E-state index is -0.610. The van der Waals surface area contributed by atoms with E-state index in [2.05, 4.69) is 20.9 Å². The number of nitrogens with zero attached hydrogens (tertiary/aromatic N) is 2. The van der Waals surface area contributed by atoms with Gasteiger partial charge in [-0.3, -0.25) is 14.5 Å². The molecule has 1 atom stereocenters. The second-order valence-corrected chi connectivity index (χ2v) is 7.85. The van der Waals surface area contributed by atoms with Crippen LogP contribution < -0.4 is 10.3 Å². The molecule has 0 N–H and O–H groups in total. The highest BCUT2D eigenvalue weighted by Crippen LogP contribution is 2.40. The zero-order chi connectivity index (χ0) is 20.1. The maximum Gasteiger partial charge on any atom is 0.296 e. The minimum absolute atomic E-state index is 0.0740. The van der Waals surface area contributed by atoms with Crippen molar-refractivity contribution >= 4 is 38.6 Å². The molecule has 6 heteroatoms. The normalized spacial score (nSPS) is 15.7. The van der Waals surface area contributed by atoms with Crippen molar-refractivity contribution < 1.29 is 9.21 Å². The van der Waals surface area contributed by atoms with Gasteiger partial charge in [0.15, 0.2) is 5.43 Å². The Hall–Kier alpha value is -3.25. The van der Waals surface area contributed by atoms with Crippen LogP contribution in [0.5, 0.6) is 0 Å². The number of rotatable bonds is 2. The maximum atomic E-state index is 13.4. The van der Waals surface area contributed by atoms with Gasteiger partial charge in [-0.1, -0.05) is 46.3 Å². The van der Waals surface area contributed by atoms with Crippen molar-refractivity contribution in [3.63, 3.8) is 0 Å². The number of aromatic nitrogens is 1. The molecule has 1 aliphatic heterocycles. The van der Waals surface area contributed by atoms with Gasteiger partial charge in [-0.25, -0.2) is 4.98 Å². The summed E-state index contributed by atoms with van der Waals surface area (Å²) in [4.78, 5) is 32.9. The first kappa shape index (κ1) is 17.8. The molecule has 4 aromatic rings. The molecule has 0 aliphatic carbocycles. The molecule has 29 heavy (non-hydrogen) atoms. The SMILES string of the molecule is Cc1cccc(N2C(=O)c3oc4ccccc4c(=O)c3C2c2ccc(Br)cc2)n1. The lowest BCUT2D eigenvalue weighted by Crippen LogP contribution is -2.30. The van der Waals surface area contributed by atoms with Crippen molar-refractivity contribution in [3.8, 4) is 0 Å². The third kappa shape index (κ3) is 2.79. The Morgan fingerprint density at radius 2 is 1.72 bits per heavy atom. The number of fused-ring (bicyclic) bond motifs is 2. The molecule has 0 spiro atoms. The zero-order valence-corrected chi connectivity index (χ0v) is 17.0. The van der Waals surface area contributed by atoms with Crippen LogP contribution in [0.2, 0.25) is 0 Å². The van der Waals surface area contributed by atoms with E-state index in [0.29, 0.717) is 22.4 Å². The summed E-state index contributed by atoms with van der Waals surface area (Å²) in [6, 6.07) is 19.4. The molecule has 142 valence electrons. The van der Waals surface area contributed by atoms with E-state index in [1.54, 1.807) is 35.2 Å². The molecule has 2 aromatic heterocycles. The minimum Gasteiger partial charge on any atom is -0.450 e. The van der Waals surface area contributed by atoms with Gasteiger partial charge in [0.25, 0.3) is 5.91 Å². The number of amides is 1. The second-order valence-electron chi connectivity index (χ2n) is 6.94. The van der Waals surface area contributed by atoms with Crippen molar-refractivity contribution in [1.82, 2.24) is 4.98 Å². The van der Waals surface area contributed by atoms with E-state index >= 15 is 0 Å². The quantitative estimate of drug-likeness (QED) is 0.434. The van der Waals surface area contributed by atoms with E-state index in [1.807, 2.05) is 43.3 Å². The molecule has 1 aliphatic rings. The first-order valence-corrected chi connectivity index (χ1v) is 9.92. The predicted octanol–water partition coefficient (Wildman–Crippen LogP) is 5.01. The van der Waals surface area contributed by atoms with Crippen LogP contribution >= 0.6 is 15.9 Å². The van der Waals surface area contributed by atoms with Gasteiger partial charge >= 0.3 is 0 Å². The second kappa shape index (κ2) is 6.67. The van der Waals surface area contributed by atoms with E-state index in [4.69, 9.17) is 4.42 Å². The number of hydrogen-bond donors (Lipinski definition) is 0. The van der Waals surface area contributed by atoms with Crippen molar-refractivity contribution in [1.29, 1.82) is 0 Å². The Morgan fingerprint density at radius 3 is 2.48 bits per heavy atom. The summed E-state index contributed by atoms with van der Waals surface area (Å²) in [7, 11) is 0. The van der Waals surface area contributed by atoms with Crippen LogP contribution in [0.15, 0.2) is 80.4 Å². The highest BCUT2D eigenvalue weighted by molar-refractivity contribution is 9.10. The number of para-hydroxylation sites is 1. The summed E-state index contributed by atoms with van der Waals surface area (Å²) >= 11 is 3.44. The lowest BCUT2D eigenvalue weighted by molar-refractivity contribution is 0.0970. The molecule has 0 saturated carbocycles. The van der Waals surface area contributed by atoms with Gasteiger partial charge in [0, 0.05) is 10.2 Å². The predicted molar refractivity (Wildman–Crippen MR) is 114 cm³/mol. The third-order valence-electron chi connectivity index (χ3n) is 5.08. The highest BCUT2D eigenvalue weighted by Gasteiger charge is 2.44. The number of benzene rings is 2. The molecule has 3 heterocycles. The van der Waals surface area contributed by atoms with Gasteiger partial charge in [0.05, 0.1) is 17.0 Å². The van der Waals surface area contributed by atoms with Gasteiger partial charge in [-0.05, 0) is 48.9 Å². The lowest BCUT2D eigenvalue weighted by atomic mass is 9.98. The van der Waals surface area contributed by atoms with Crippen LogP contribution in [0.4, 0.5) is 5.82 Å².